The number of anilines is 1. The van der Waals surface area contributed by atoms with E-state index in [0.717, 1.165) is 39.3 Å². The van der Waals surface area contributed by atoms with Gasteiger partial charge in [-0.2, -0.15) is 0 Å². The van der Waals surface area contributed by atoms with Gasteiger partial charge < -0.3 is 15.0 Å². The normalized spacial score (nSPS) is 12.6. The minimum atomic E-state index is -0.254. The maximum Gasteiger partial charge on any atom is 0.208 e. The summed E-state index contributed by atoms with van der Waals surface area (Å²) in [6.07, 6.45) is 4.36. The first-order valence-electron chi connectivity index (χ1n) is 11.1. The number of halogens is 1. The number of ether oxygens (including phenoxy) is 1. The van der Waals surface area contributed by atoms with Crippen molar-refractivity contribution in [2.75, 3.05) is 26.0 Å². The highest BCUT2D eigenvalue weighted by atomic mass is 19.1. The molecule has 1 aliphatic rings. The van der Waals surface area contributed by atoms with Crippen LogP contribution in [0, 0.1) is 19.3 Å². The molecule has 4 aromatic rings. The van der Waals surface area contributed by atoms with E-state index in [1.165, 1.54) is 6.07 Å². The molecule has 0 bridgehead atoms. The lowest BCUT2D eigenvalue weighted by atomic mass is 10.0. The van der Waals surface area contributed by atoms with Crippen LogP contribution in [0.25, 0.3) is 21.6 Å². The molecule has 2 aromatic heterocycles. The maximum absolute atomic E-state index is 14.6. The van der Waals surface area contributed by atoms with Crippen molar-refractivity contribution in [2.45, 2.75) is 26.4 Å². The second-order valence-corrected chi connectivity index (χ2v) is 8.72. The van der Waals surface area contributed by atoms with Crippen molar-refractivity contribution in [2.24, 2.45) is 0 Å². The van der Waals surface area contributed by atoms with E-state index in [0.29, 0.717) is 36.8 Å². The summed E-state index contributed by atoms with van der Waals surface area (Å²) in [5.74, 6) is 1.07. The van der Waals surface area contributed by atoms with Crippen molar-refractivity contribution < 1.29 is 9.13 Å². The Labute approximate surface area is 197 Å². The predicted molar refractivity (Wildman–Crippen MR) is 130 cm³/mol. The second kappa shape index (κ2) is 8.76. The molecule has 1 N–H and O–H groups in total. The Kier molecular flexibility index (Phi) is 5.64. The number of hydrogen-bond acceptors (Lipinski definition) is 5. The molecule has 0 spiro atoms. The molecular formula is C26H25FN6O. The zero-order chi connectivity index (χ0) is 23.8. The Bertz CT molecular complexity index is 1440. The van der Waals surface area contributed by atoms with Crippen molar-refractivity contribution in [1.82, 2.24) is 19.3 Å². The molecule has 172 valence electrons. The zero-order valence-corrected chi connectivity index (χ0v) is 19.4. The molecule has 0 saturated carbocycles. The van der Waals surface area contributed by atoms with E-state index in [-0.39, 0.29) is 12.4 Å². The maximum atomic E-state index is 14.6. The summed E-state index contributed by atoms with van der Waals surface area (Å²) in [6, 6.07) is 9.02. The van der Waals surface area contributed by atoms with Crippen LogP contribution in [0.15, 0.2) is 42.7 Å². The predicted octanol–water partition coefficient (Wildman–Crippen LogP) is 5.00. The number of fused-ring (bicyclic) bond motifs is 2. The summed E-state index contributed by atoms with van der Waals surface area (Å²) < 4.78 is 22.0. The third kappa shape index (κ3) is 3.95. The molecule has 34 heavy (non-hydrogen) atoms. The average molecular weight is 457 g/mol. The van der Waals surface area contributed by atoms with Gasteiger partial charge in [-0.15, -0.1) is 0 Å². The number of rotatable bonds is 6. The molecule has 8 heteroatoms. The van der Waals surface area contributed by atoms with Crippen LogP contribution in [0.3, 0.4) is 0 Å². The Balaban J connectivity index is 1.50. The van der Waals surface area contributed by atoms with Crippen LogP contribution in [-0.2, 0) is 19.5 Å². The quantitative estimate of drug-likeness (QED) is 0.414. The molecule has 3 heterocycles. The van der Waals surface area contributed by atoms with Gasteiger partial charge in [-0.05, 0) is 50.3 Å². The first-order valence-corrected chi connectivity index (χ1v) is 11.1. The molecular weight excluding hydrogens is 431 g/mol. The summed E-state index contributed by atoms with van der Waals surface area (Å²) in [7, 11) is 3.97. The van der Waals surface area contributed by atoms with Crippen LogP contribution in [-0.4, -0.2) is 40.0 Å². The Hall–Kier alpha value is -3.96. The topological polar surface area (TPSA) is 59.1 Å². The summed E-state index contributed by atoms with van der Waals surface area (Å²) >= 11 is 0. The average Bonchev–Trinajstić information content (AvgIpc) is 3.44. The third-order valence-electron chi connectivity index (χ3n) is 5.98. The Morgan fingerprint density at radius 2 is 2.12 bits per heavy atom. The van der Waals surface area contributed by atoms with Gasteiger partial charge in [0.25, 0.3) is 0 Å². The van der Waals surface area contributed by atoms with Crippen molar-refractivity contribution >= 4 is 17.3 Å². The summed E-state index contributed by atoms with van der Waals surface area (Å²) in [5, 5.41) is 3.28. The van der Waals surface area contributed by atoms with E-state index in [4.69, 9.17) is 16.3 Å². The molecule has 0 atom stereocenters. The number of hydrogen-bond donors (Lipinski definition) is 1. The summed E-state index contributed by atoms with van der Waals surface area (Å²) in [4.78, 5) is 15.1. The fourth-order valence-corrected chi connectivity index (χ4v) is 4.41. The van der Waals surface area contributed by atoms with Crippen molar-refractivity contribution in [3.8, 4) is 16.9 Å². The first kappa shape index (κ1) is 21.9. The molecule has 0 radical (unpaired) electrons. The van der Waals surface area contributed by atoms with Crippen LogP contribution < -0.4 is 10.1 Å². The molecule has 0 amide bonds. The van der Waals surface area contributed by atoms with Gasteiger partial charge in [-0.3, -0.25) is 4.40 Å². The molecule has 5 rings (SSSR count). The lowest BCUT2D eigenvalue weighted by Gasteiger charge is -2.14. The van der Waals surface area contributed by atoms with E-state index in [1.807, 2.05) is 54.7 Å². The van der Waals surface area contributed by atoms with Crippen LogP contribution in [0.1, 0.15) is 22.4 Å². The SMILES string of the molecule is [C-]#[N+]c1cc(-c2cnc(NCc3c(F)ccc4c3CCO4)n3cc(C)nc23)ccc1CN(C)C. The smallest absolute Gasteiger partial charge is 0.208 e. The molecule has 0 fully saturated rings. The van der Waals surface area contributed by atoms with Crippen LogP contribution in [0.5, 0.6) is 5.75 Å². The molecule has 0 aliphatic carbocycles. The lowest BCUT2D eigenvalue weighted by molar-refractivity contribution is 0.356. The highest BCUT2D eigenvalue weighted by Gasteiger charge is 2.20. The summed E-state index contributed by atoms with van der Waals surface area (Å²) in [6.45, 7) is 11.1. The van der Waals surface area contributed by atoms with Gasteiger partial charge in [0.1, 0.15) is 17.2 Å². The van der Waals surface area contributed by atoms with Gasteiger partial charge in [0.2, 0.25) is 5.95 Å². The number of aromatic nitrogens is 3. The number of benzene rings is 2. The van der Waals surface area contributed by atoms with E-state index in [9.17, 15) is 4.39 Å². The van der Waals surface area contributed by atoms with Crippen molar-refractivity contribution in [3.05, 3.63) is 82.3 Å². The third-order valence-corrected chi connectivity index (χ3v) is 5.98. The number of nitrogens with zero attached hydrogens (tertiary/aromatic N) is 5. The van der Waals surface area contributed by atoms with Gasteiger partial charge in [0.05, 0.1) is 18.9 Å². The highest BCUT2D eigenvalue weighted by Crippen LogP contribution is 2.33. The van der Waals surface area contributed by atoms with E-state index in [1.54, 1.807) is 12.3 Å². The van der Waals surface area contributed by atoms with Crippen LogP contribution in [0.4, 0.5) is 16.0 Å². The summed E-state index contributed by atoms with van der Waals surface area (Å²) in [5.41, 5.74) is 6.39. The van der Waals surface area contributed by atoms with Gasteiger partial charge >= 0.3 is 0 Å². The molecule has 0 saturated heterocycles. The van der Waals surface area contributed by atoms with Crippen LogP contribution in [0.2, 0.25) is 0 Å². The number of aryl methyl sites for hydroxylation is 1. The fraction of sp³-hybridized carbons (Fsp3) is 0.269. The second-order valence-electron chi connectivity index (χ2n) is 8.72. The van der Waals surface area contributed by atoms with Crippen LogP contribution >= 0.6 is 0 Å². The Morgan fingerprint density at radius 3 is 2.91 bits per heavy atom. The minimum absolute atomic E-state index is 0.254. The fourth-order valence-electron chi connectivity index (χ4n) is 4.41. The van der Waals surface area contributed by atoms with Crippen molar-refractivity contribution in [3.63, 3.8) is 0 Å². The standard InChI is InChI=1S/C26H25FN6O/c1-16-14-33-25(31-16)20(17-5-6-18(15-32(3)4)23(11-17)28-2)12-29-26(33)30-13-21-19-9-10-34-24(19)8-7-22(21)27/h5-8,11-12,14H,9-10,13,15H2,1,3-4H3,(H,29,30). The van der Waals surface area contributed by atoms with E-state index in [2.05, 4.69) is 15.1 Å². The van der Waals surface area contributed by atoms with Gasteiger partial charge in [0.15, 0.2) is 5.69 Å². The number of nitrogens with one attached hydrogen (secondary N) is 1. The molecule has 0 unspecified atom stereocenters. The molecule has 7 nitrogen and oxygen atoms in total. The van der Waals surface area contributed by atoms with Gasteiger partial charge in [0, 0.05) is 48.6 Å². The monoisotopic (exact) mass is 456 g/mol. The van der Waals surface area contributed by atoms with E-state index >= 15 is 0 Å². The van der Waals surface area contributed by atoms with Crippen molar-refractivity contribution in [1.29, 1.82) is 0 Å². The van der Waals surface area contributed by atoms with Gasteiger partial charge in [-0.1, -0.05) is 12.1 Å². The number of imidazole rings is 1. The molecule has 1 aliphatic heterocycles. The lowest BCUT2D eigenvalue weighted by Crippen LogP contribution is -2.10. The largest absolute Gasteiger partial charge is 0.493 e. The Morgan fingerprint density at radius 1 is 1.26 bits per heavy atom. The molecule has 2 aromatic carbocycles. The highest BCUT2D eigenvalue weighted by molar-refractivity contribution is 5.81. The minimum Gasteiger partial charge on any atom is -0.493 e. The first-order chi connectivity index (χ1) is 16.4. The zero-order valence-electron chi connectivity index (χ0n) is 19.4. The van der Waals surface area contributed by atoms with E-state index < -0.39 is 0 Å². The van der Waals surface area contributed by atoms with Gasteiger partial charge in [-0.25, -0.2) is 19.2 Å².